The molecule has 0 amide bonds. The molecule has 2 aromatic rings. The van der Waals surface area contributed by atoms with E-state index in [1.807, 2.05) is 0 Å². The highest BCUT2D eigenvalue weighted by atomic mass is 32.2. The standard InChI is InChI=1S/C16H13F3N2O2S/c17-16(18,19)24(22,23)21-15(13-9-5-2-6-10-13)11-14(20-21)12-7-3-1-4-8-12/h1-10,15H,11H2/t15-/m1/s1/i11D/t11-,15-. The normalized spacial score (nSPS) is 22.2. The first-order chi connectivity index (χ1) is 11.7. The average Bonchev–Trinajstić information content (AvgIpc) is 2.93. The summed E-state index contributed by atoms with van der Waals surface area (Å²) in [4.78, 5) is 0. The Bertz CT molecular complexity index is 887. The minimum absolute atomic E-state index is 0.0162. The average molecular weight is 355 g/mol. The van der Waals surface area contributed by atoms with Crippen LogP contribution in [0.1, 0.15) is 24.9 Å². The molecular formula is C16H13F3N2O2S. The van der Waals surface area contributed by atoms with E-state index in [4.69, 9.17) is 1.37 Å². The van der Waals surface area contributed by atoms with Gasteiger partial charge in [0.05, 0.1) is 11.8 Å². The van der Waals surface area contributed by atoms with Crippen LogP contribution in [0, 0.1) is 0 Å². The molecule has 0 aliphatic carbocycles. The minimum atomic E-state index is -5.72. The summed E-state index contributed by atoms with van der Waals surface area (Å²) in [6, 6.07) is 14.5. The van der Waals surface area contributed by atoms with Crippen molar-refractivity contribution in [1.29, 1.82) is 0 Å². The number of benzene rings is 2. The van der Waals surface area contributed by atoms with Gasteiger partial charge in [-0.15, -0.1) is 0 Å². The first kappa shape index (κ1) is 15.2. The number of nitrogens with zero attached hydrogens (tertiary/aromatic N) is 2. The van der Waals surface area contributed by atoms with Gasteiger partial charge >= 0.3 is 15.5 Å². The Hall–Kier alpha value is -2.35. The number of alkyl halides is 3. The van der Waals surface area contributed by atoms with Gasteiger partial charge in [-0.2, -0.15) is 31.1 Å². The molecule has 1 aliphatic rings. The highest BCUT2D eigenvalue weighted by Gasteiger charge is 2.54. The summed E-state index contributed by atoms with van der Waals surface area (Å²) in [5.41, 5.74) is -4.86. The van der Waals surface area contributed by atoms with Crippen LogP contribution in [0.2, 0.25) is 0 Å². The van der Waals surface area contributed by atoms with Crippen LogP contribution in [-0.4, -0.2) is 24.1 Å². The quantitative estimate of drug-likeness (QED) is 0.843. The molecule has 1 aliphatic heterocycles. The molecule has 24 heavy (non-hydrogen) atoms. The number of hydrogen-bond donors (Lipinski definition) is 0. The third-order valence-electron chi connectivity index (χ3n) is 3.51. The molecular weight excluding hydrogens is 341 g/mol. The van der Waals surface area contributed by atoms with Crippen LogP contribution in [0.15, 0.2) is 65.8 Å². The molecule has 0 saturated heterocycles. The molecule has 3 rings (SSSR count). The molecule has 0 fully saturated rings. The summed E-state index contributed by atoms with van der Waals surface area (Å²) >= 11 is 0. The predicted octanol–water partition coefficient (Wildman–Crippen LogP) is 3.69. The Morgan fingerprint density at radius 3 is 2.12 bits per heavy atom. The lowest BCUT2D eigenvalue weighted by molar-refractivity contribution is -0.0496. The Morgan fingerprint density at radius 2 is 1.58 bits per heavy atom. The van der Waals surface area contributed by atoms with Crippen LogP contribution in [0.5, 0.6) is 0 Å². The summed E-state index contributed by atoms with van der Waals surface area (Å²) < 4.78 is 71.5. The maximum atomic E-state index is 13.1. The lowest BCUT2D eigenvalue weighted by atomic mass is 9.99. The van der Waals surface area contributed by atoms with Crippen LogP contribution in [0.3, 0.4) is 0 Å². The van der Waals surface area contributed by atoms with E-state index in [0.717, 1.165) is 0 Å². The lowest BCUT2D eigenvalue weighted by Gasteiger charge is -2.24. The van der Waals surface area contributed by atoms with Crippen molar-refractivity contribution >= 4 is 15.7 Å². The van der Waals surface area contributed by atoms with Crippen molar-refractivity contribution in [3.8, 4) is 0 Å². The second kappa shape index (κ2) is 5.94. The van der Waals surface area contributed by atoms with Gasteiger partial charge in [0.15, 0.2) is 0 Å². The maximum absolute atomic E-state index is 13.1. The van der Waals surface area contributed by atoms with Crippen LogP contribution in [0.25, 0.3) is 0 Å². The summed E-state index contributed by atoms with van der Waals surface area (Å²) in [6.07, 6.45) is -1.29. The lowest BCUT2D eigenvalue weighted by Crippen LogP contribution is -2.37. The van der Waals surface area contributed by atoms with Gasteiger partial charge in [-0.25, -0.2) is 0 Å². The van der Waals surface area contributed by atoms with E-state index in [9.17, 15) is 21.6 Å². The van der Waals surface area contributed by atoms with Gasteiger partial charge in [-0.3, -0.25) is 0 Å². The highest BCUT2D eigenvalue weighted by molar-refractivity contribution is 7.89. The third kappa shape index (κ3) is 2.89. The summed E-state index contributed by atoms with van der Waals surface area (Å²) in [7, 11) is -5.72. The van der Waals surface area contributed by atoms with E-state index in [-0.39, 0.29) is 15.7 Å². The van der Waals surface area contributed by atoms with Crippen molar-refractivity contribution in [2.75, 3.05) is 0 Å². The molecule has 8 heteroatoms. The Balaban J connectivity index is 2.15. The van der Waals surface area contributed by atoms with Gasteiger partial charge < -0.3 is 0 Å². The first-order valence-corrected chi connectivity index (χ1v) is 8.39. The molecule has 4 nitrogen and oxygen atoms in total. The van der Waals surface area contributed by atoms with E-state index in [0.29, 0.717) is 5.56 Å². The van der Waals surface area contributed by atoms with Crippen LogP contribution in [-0.2, 0) is 10.0 Å². The molecule has 2 atom stereocenters. The number of sulfonamides is 1. The van der Waals surface area contributed by atoms with Crippen molar-refractivity contribution in [3.63, 3.8) is 0 Å². The Labute approximate surface area is 138 Å². The summed E-state index contributed by atoms with van der Waals surface area (Å²) in [5.74, 6) is 0. The molecule has 0 N–H and O–H groups in total. The molecule has 0 saturated carbocycles. The van der Waals surface area contributed by atoms with Gasteiger partial charge in [0.1, 0.15) is 0 Å². The largest absolute Gasteiger partial charge is 0.518 e. The number of hydrazone groups is 1. The summed E-state index contributed by atoms with van der Waals surface area (Å²) in [6.45, 7) is 0. The van der Waals surface area contributed by atoms with E-state index in [1.54, 1.807) is 48.5 Å². The fraction of sp³-hybridized carbons (Fsp3) is 0.188. The van der Waals surface area contributed by atoms with E-state index in [1.165, 1.54) is 12.1 Å². The van der Waals surface area contributed by atoms with Crippen LogP contribution < -0.4 is 0 Å². The zero-order valence-corrected chi connectivity index (χ0v) is 13.0. The van der Waals surface area contributed by atoms with Crippen molar-refractivity contribution in [2.24, 2.45) is 5.10 Å². The summed E-state index contributed by atoms with van der Waals surface area (Å²) in [5, 5.41) is 3.69. The van der Waals surface area contributed by atoms with Gasteiger partial charge in [0, 0.05) is 7.77 Å². The fourth-order valence-electron chi connectivity index (χ4n) is 2.36. The van der Waals surface area contributed by atoms with Crippen molar-refractivity contribution < 1.29 is 23.0 Å². The zero-order valence-electron chi connectivity index (χ0n) is 13.2. The third-order valence-corrected chi connectivity index (χ3v) is 4.90. The second-order valence-corrected chi connectivity index (χ2v) is 6.88. The van der Waals surface area contributed by atoms with Gasteiger partial charge in [-0.1, -0.05) is 60.7 Å². The first-order valence-electron chi connectivity index (χ1n) is 7.53. The van der Waals surface area contributed by atoms with Crippen LogP contribution >= 0.6 is 0 Å². The molecule has 0 radical (unpaired) electrons. The maximum Gasteiger partial charge on any atom is 0.518 e. The number of rotatable bonds is 3. The van der Waals surface area contributed by atoms with Gasteiger partial charge in [0.25, 0.3) is 0 Å². The topological polar surface area (TPSA) is 49.7 Å². The van der Waals surface area contributed by atoms with Crippen molar-refractivity contribution in [1.82, 2.24) is 4.41 Å². The zero-order chi connectivity index (χ0) is 18.2. The van der Waals surface area contributed by atoms with Crippen molar-refractivity contribution in [3.05, 3.63) is 71.8 Å². The fourth-order valence-corrected chi connectivity index (χ4v) is 3.25. The van der Waals surface area contributed by atoms with Crippen molar-refractivity contribution in [2.45, 2.75) is 17.9 Å². The minimum Gasteiger partial charge on any atom is -0.195 e. The molecule has 126 valence electrons. The van der Waals surface area contributed by atoms with Gasteiger partial charge in [-0.05, 0) is 11.1 Å². The second-order valence-electron chi connectivity index (χ2n) is 5.10. The highest BCUT2D eigenvalue weighted by Crippen LogP contribution is 2.39. The van der Waals surface area contributed by atoms with Crippen LogP contribution in [0.4, 0.5) is 13.2 Å². The predicted molar refractivity (Wildman–Crippen MR) is 83.6 cm³/mol. The molecule has 0 spiro atoms. The number of halogens is 3. The Morgan fingerprint density at radius 1 is 1.04 bits per heavy atom. The van der Waals surface area contributed by atoms with E-state index in [2.05, 4.69) is 5.10 Å². The Kier molecular flexibility index (Phi) is 3.76. The number of hydrogen-bond acceptors (Lipinski definition) is 3. The molecule has 2 aromatic carbocycles. The van der Waals surface area contributed by atoms with E-state index >= 15 is 0 Å². The SMILES string of the molecule is [2H][C@@H]1C(c2ccccc2)=NN(S(=O)(=O)C(F)(F)F)[C@H]1c1ccccc1. The van der Waals surface area contributed by atoms with E-state index < -0.39 is 28.0 Å². The van der Waals surface area contributed by atoms with Gasteiger partial charge in [0.2, 0.25) is 0 Å². The smallest absolute Gasteiger partial charge is 0.195 e. The molecule has 1 heterocycles. The molecule has 0 aromatic heterocycles. The monoisotopic (exact) mass is 355 g/mol. The molecule has 0 bridgehead atoms. The molecule has 0 unspecified atom stereocenters.